The number of hydrogen-bond donors (Lipinski definition) is 1. The number of thiazole rings is 1. The lowest BCUT2D eigenvalue weighted by atomic mass is 9.97. The summed E-state index contributed by atoms with van der Waals surface area (Å²) in [7, 11) is 2.01. The summed E-state index contributed by atoms with van der Waals surface area (Å²) in [6, 6.07) is 0. The Morgan fingerprint density at radius 1 is 1.47 bits per heavy atom. The highest BCUT2D eigenvalue weighted by Gasteiger charge is 2.21. The topological polar surface area (TPSA) is 34.2 Å². The second-order valence-electron chi connectivity index (χ2n) is 5.36. The maximum Gasteiger partial charge on any atom is 0.0946 e. The first-order valence-electron chi connectivity index (χ1n) is 6.32. The van der Waals surface area contributed by atoms with Crippen LogP contribution >= 0.6 is 11.3 Å². The van der Waals surface area contributed by atoms with Crippen LogP contribution < -0.4 is 5.32 Å². The second-order valence-corrected chi connectivity index (χ2v) is 6.31. The van der Waals surface area contributed by atoms with Crippen molar-refractivity contribution in [3.05, 3.63) is 16.1 Å². The number of nitrogens with zero attached hydrogens (tertiary/aromatic N) is 1. The van der Waals surface area contributed by atoms with Gasteiger partial charge < -0.3 is 10.1 Å². The molecule has 96 valence electrons. The molecule has 17 heavy (non-hydrogen) atoms. The van der Waals surface area contributed by atoms with Crippen molar-refractivity contribution in [2.45, 2.75) is 44.6 Å². The van der Waals surface area contributed by atoms with Crippen molar-refractivity contribution < 1.29 is 4.74 Å². The van der Waals surface area contributed by atoms with Crippen molar-refractivity contribution in [2.24, 2.45) is 0 Å². The molecule has 0 aromatic carbocycles. The van der Waals surface area contributed by atoms with E-state index in [1.807, 2.05) is 7.05 Å². The van der Waals surface area contributed by atoms with Crippen molar-refractivity contribution in [2.75, 3.05) is 20.3 Å². The molecule has 0 spiro atoms. The van der Waals surface area contributed by atoms with Crippen molar-refractivity contribution >= 4 is 11.3 Å². The average Bonchev–Trinajstić information content (AvgIpc) is 2.78. The number of likely N-dealkylation sites (N-methyl/N-ethyl adjacent to an activating group) is 1. The first-order chi connectivity index (χ1) is 8.11. The Bertz CT molecular complexity index is 356. The highest BCUT2D eigenvalue weighted by Crippen LogP contribution is 2.28. The van der Waals surface area contributed by atoms with Crippen molar-refractivity contribution in [1.82, 2.24) is 10.3 Å². The molecule has 0 bridgehead atoms. The highest BCUT2D eigenvalue weighted by atomic mass is 32.1. The van der Waals surface area contributed by atoms with Gasteiger partial charge in [-0.2, -0.15) is 0 Å². The van der Waals surface area contributed by atoms with Gasteiger partial charge in [-0.1, -0.05) is 0 Å². The first kappa shape index (κ1) is 13.0. The molecular weight excluding hydrogens is 232 g/mol. The quantitative estimate of drug-likeness (QED) is 0.896. The number of nitrogens with one attached hydrogen (secondary N) is 1. The van der Waals surface area contributed by atoms with E-state index in [2.05, 4.69) is 24.5 Å². The molecule has 0 atom stereocenters. The van der Waals surface area contributed by atoms with E-state index in [1.165, 1.54) is 10.7 Å². The molecular formula is C13H22N2OS. The zero-order chi connectivity index (χ0) is 12.3. The highest BCUT2D eigenvalue weighted by molar-refractivity contribution is 7.09. The Morgan fingerprint density at radius 3 is 2.82 bits per heavy atom. The molecule has 0 aliphatic carbocycles. The SMILES string of the molecule is CNC(C)(C)Cc1nc(C2CCOCC2)cs1. The molecule has 0 saturated carbocycles. The van der Waals surface area contributed by atoms with E-state index in [9.17, 15) is 0 Å². The van der Waals surface area contributed by atoms with Crippen LogP contribution in [0, 0.1) is 0 Å². The Hall–Kier alpha value is -0.450. The van der Waals surface area contributed by atoms with Gasteiger partial charge in [0, 0.05) is 36.5 Å². The van der Waals surface area contributed by atoms with E-state index in [4.69, 9.17) is 9.72 Å². The third-order valence-corrected chi connectivity index (χ3v) is 4.35. The van der Waals surface area contributed by atoms with Crippen LogP contribution in [0.1, 0.15) is 43.3 Å². The number of rotatable bonds is 4. The van der Waals surface area contributed by atoms with Gasteiger partial charge in [0.1, 0.15) is 0 Å². The Kier molecular flexibility index (Phi) is 4.17. The summed E-state index contributed by atoms with van der Waals surface area (Å²) in [5.41, 5.74) is 1.41. The van der Waals surface area contributed by atoms with Crippen LogP contribution in [0.5, 0.6) is 0 Å². The fourth-order valence-electron chi connectivity index (χ4n) is 2.05. The molecule has 1 aliphatic heterocycles. The predicted octanol–water partition coefficient (Wildman–Crippen LogP) is 2.58. The fourth-order valence-corrected chi connectivity index (χ4v) is 3.16. The molecule has 1 aliphatic rings. The number of ether oxygens (including phenoxy) is 1. The fraction of sp³-hybridized carbons (Fsp3) is 0.769. The summed E-state index contributed by atoms with van der Waals surface area (Å²) in [5.74, 6) is 0.617. The van der Waals surface area contributed by atoms with E-state index in [-0.39, 0.29) is 5.54 Å². The first-order valence-corrected chi connectivity index (χ1v) is 7.19. The van der Waals surface area contributed by atoms with Crippen molar-refractivity contribution in [3.63, 3.8) is 0 Å². The molecule has 1 aromatic heterocycles. The van der Waals surface area contributed by atoms with Gasteiger partial charge in [-0.25, -0.2) is 4.98 Å². The maximum absolute atomic E-state index is 5.39. The van der Waals surface area contributed by atoms with Crippen LogP contribution in [-0.4, -0.2) is 30.8 Å². The van der Waals surface area contributed by atoms with Crippen LogP contribution in [-0.2, 0) is 11.2 Å². The van der Waals surface area contributed by atoms with Crippen LogP contribution in [0.3, 0.4) is 0 Å². The molecule has 0 radical (unpaired) electrons. The molecule has 3 nitrogen and oxygen atoms in total. The van der Waals surface area contributed by atoms with Crippen molar-refractivity contribution in [3.8, 4) is 0 Å². The Labute approximate surface area is 108 Å². The van der Waals surface area contributed by atoms with Crippen molar-refractivity contribution in [1.29, 1.82) is 0 Å². The van der Waals surface area contributed by atoms with E-state index < -0.39 is 0 Å². The average molecular weight is 254 g/mol. The zero-order valence-electron chi connectivity index (χ0n) is 11.0. The summed E-state index contributed by atoms with van der Waals surface area (Å²) in [5, 5.41) is 6.80. The summed E-state index contributed by atoms with van der Waals surface area (Å²) in [6.07, 6.45) is 3.24. The lowest BCUT2D eigenvalue weighted by molar-refractivity contribution is 0.0846. The third kappa shape index (κ3) is 3.50. The molecule has 1 saturated heterocycles. The van der Waals surface area contributed by atoms with E-state index >= 15 is 0 Å². The Balaban J connectivity index is 2.00. The smallest absolute Gasteiger partial charge is 0.0946 e. The summed E-state index contributed by atoms with van der Waals surface area (Å²) >= 11 is 1.79. The standard InChI is InChI=1S/C13H22N2OS/c1-13(2,14-3)8-12-15-11(9-17-12)10-4-6-16-7-5-10/h9-10,14H,4-8H2,1-3H3. The molecule has 1 fully saturated rings. The minimum Gasteiger partial charge on any atom is -0.381 e. The normalized spacial score (nSPS) is 18.5. The molecule has 4 heteroatoms. The van der Waals surface area contributed by atoms with Gasteiger partial charge in [0.2, 0.25) is 0 Å². The summed E-state index contributed by atoms with van der Waals surface area (Å²) < 4.78 is 5.39. The van der Waals surface area contributed by atoms with Gasteiger partial charge in [-0.05, 0) is 33.7 Å². The molecule has 0 amide bonds. The molecule has 2 rings (SSSR count). The van der Waals surface area contributed by atoms with Gasteiger partial charge in [0.05, 0.1) is 10.7 Å². The van der Waals surface area contributed by atoms with Gasteiger partial charge in [0.25, 0.3) is 0 Å². The molecule has 1 aromatic rings. The molecule has 0 unspecified atom stereocenters. The van der Waals surface area contributed by atoms with Crippen LogP contribution in [0.2, 0.25) is 0 Å². The predicted molar refractivity (Wildman–Crippen MR) is 71.8 cm³/mol. The third-order valence-electron chi connectivity index (χ3n) is 3.48. The number of hydrogen-bond acceptors (Lipinski definition) is 4. The van der Waals surface area contributed by atoms with Gasteiger partial charge in [-0.15, -0.1) is 11.3 Å². The zero-order valence-corrected chi connectivity index (χ0v) is 11.8. The largest absolute Gasteiger partial charge is 0.381 e. The van der Waals surface area contributed by atoms with Crippen LogP contribution in [0.15, 0.2) is 5.38 Å². The van der Waals surface area contributed by atoms with Gasteiger partial charge in [0.15, 0.2) is 0 Å². The van der Waals surface area contributed by atoms with E-state index in [1.54, 1.807) is 11.3 Å². The second kappa shape index (κ2) is 5.46. The number of aromatic nitrogens is 1. The van der Waals surface area contributed by atoms with E-state index in [0.717, 1.165) is 32.5 Å². The van der Waals surface area contributed by atoms with Gasteiger partial charge >= 0.3 is 0 Å². The minimum absolute atomic E-state index is 0.130. The molecule has 2 heterocycles. The lowest BCUT2D eigenvalue weighted by Gasteiger charge is -2.22. The Morgan fingerprint density at radius 2 is 2.18 bits per heavy atom. The molecule has 1 N–H and O–H groups in total. The maximum atomic E-state index is 5.39. The summed E-state index contributed by atoms with van der Waals surface area (Å²) in [4.78, 5) is 4.79. The van der Waals surface area contributed by atoms with E-state index in [0.29, 0.717) is 5.92 Å². The summed E-state index contributed by atoms with van der Waals surface area (Å²) in [6.45, 7) is 6.20. The monoisotopic (exact) mass is 254 g/mol. The minimum atomic E-state index is 0.130. The van der Waals surface area contributed by atoms with Crippen LogP contribution in [0.25, 0.3) is 0 Å². The van der Waals surface area contributed by atoms with Gasteiger partial charge in [-0.3, -0.25) is 0 Å². The van der Waals surface area contributed by atoms with Crippen LogP contribution in [0.4, 0.5) is 0 Å². The lowest BCUT2D eigenvalue weighted by Crippen LogP contribution is -2.38.